The summed E-state index contributed by atoms with van der Waals surface area (Å²) in [6.45, 7) is 2.45. The van der Waals surface area contributed by atoms with Crippen molar-refractivity contribution in [3.05, 3.63) is 65.2 Å². The highest BCUT2D eigenvalue weighted by molar-refractivity contribution is 7.89. The predicted octanol–water partition coefficient (Wildman–Crippen LogP) is 2.38. The lowest BCUT2D eigenvalue weighted by Gasteiger charge is -2.31. The van der Waals surface area contributed by atoms with Crippen LogP contribution >= 0.6 is 0 Å². The number of carboxylic acids is 1. The minimum absolute atomic E-state index is 0.126. The predicted molar refractivity (Wildman–Crippen MR) is 108 cm³/mol. The van der Waals surface area contributed by atoms with Gasteiger partial charge in [0.05, 0.1) is 4.90 Å². The Labute approximate surface area is 170 Å². The number of nitrogens with one attached hydrogen (secondary N) is 1. The number of aliphatic carboxylic acids is 1. The lowest BCUT2D eigenvalue weighted by molar-refractivity contribution is -0.135. The highest BCUT2D eigenvalue weighted by atomic mass is 32.2. The van der Waals surface area contributed by atoms with Crippen molar-refractivity contribution in [2.45, 2.75) is 30.6 Å². The van der Waals surface area contributed by atoms with Gasteiger partial charge in [0.1, 0.15) is 6.54 Å². The summed E-state index contributed by atoms with van der Waals surface area (Å²) in [5, 5.41) is 10.9. The van der Waals surface area contributed by atoms with E-state index in [1.54, 1.807) is 0 Å². The van der Waals surface area contributed by atoms with E-state index < -0.39 is 28.4 Å². The molecule has 3 rings (SSSR count). The fourth-order valence-corrected chi connectivity index (χ4v) is 5.01. The van der Waals surface area contributed by atoms with Crippen LogP contribution in [0, 0.1) is 6.92 Å². The first-order valence-electron chi connectivity index (χ1n) is 9.44. The van der Waals surface area contributed by atoms with Crippen LogP contribution in [-0.4, -0.2) is 49.3 Å². The number of aryl methyl sites for hydroxylation is 1. The van der Waals surface area contributed by atoms with E-state index in [-0.39, 0.29) is 10.5 Å². The number of carbonyl (C=O) groups is 2. The number of hydrogen-bond donors (Lipinski definition) is 2. The number of nitrogens with zero attached hydrogens (tertiary/aromatic N) is 1. The van der Waals surface area contributed by atoms with Crippen LogP contribution < -0.4 is 5.32 Å². The fraction of sp³-hybridized carbons (Fsp3) is 0.333. The second-order valence-corrected chi connectivity index (χ2v) is 9.13. The average molecular weight is 416 g/mol. The largest absolute Gasteiger partial charge is 0.480 e. The van der Waals surface area contributed by atoms with Gasteiger partial charge < -0.3 is 10.4 Å². The third-order valence-corrected chi connectivity index (χ3v) is 7.03. The molecule has 1 saturated heterocycles. The van der Waals surface area contributed by atoms with Crippen LogP contribution in [0.2, 0.25) is 0 Å². The SMILES string of the molecule is Cc1cccc(C2CCN(S(=O)(=O)c3ccc(C(=O)NCC(=O)O)cc3)CC2)c1. The van der Waals surface area contributed by atoms with Crippen molar-refractivity contribution in [1.82, 2.24) is 9.62 Å². The molecule has 2 aromatic carbocycles. The molecule has 7 nitrogen and oxygen atoms in total. The normalized spacial score (nSPS) is 15.8. The zero-order valence-corrected chi connectivity index (χ0v) is 17.0. The zero-order valence-electron chi connectivity index (χ0n) is 16.2. The monoisotopic (exact) mass is 416 g/mol. The number of hydrogen-bond acceptors (Lipinski definition) is 4. The van der Waals surface area contributed by atoms with Gasteiger partial charge in [-0.3, -0.25) is 9.59 Å². The van der Waals surface area contributed by atoms with E-state index in [4.69, 9.17) is 5.11 Å². The van der Waals surface area contributed by atoms with Crippen LogP contribution in [0.3, 0.4) is 0 Å². The van der Waals surface area contributed by atoms with Crippen LogP contribution in [0.5, 0.6) is 0 Å². The van der Waals surface area contributed by atoms with Crippen molar-refractivity contribution in [3.63, 3.8) is 0 Å². The molecule has 1 amide bonds. The van der Waals surface area contributed by atoms with Gasteiger partial charge in [-0.15, -0.1) is 0 Å². The molecule has 0 spiro atoms. The van der Waals surface area contributed by atoms with Crippen molar-refractivity contribution >= 4 is 21.9 Å². The number of sulfonamides is 1. The Morgan fingerprint density at radius 2 is 1.76 bits per heavy atom. The summed E-state index contributed by atoms with van der Waals surface area (Å²) >= 11 is 0. The minimum atomic E-state index is -3.64. The van der Waals surface area contributed by atoms with E-state index in [9.17, 15) is 18.0 Å². The molecule has 0 aliphatic carbocycles. The fourth-order valence-electron chi connectivity index (χ4n) is 3.54. The van der Waals surface area contributed by atoms with E-state index in [0.717, 1.165) is 12.8 Å². The second kappa shape index (κ2) is 8.75. The molecule has 0 radical (unpaired) electrons. The Kier molecular flexibility index (Phi) is 6.34. The molecule has 0 unspecified atom stereocenters. The van der Waals surface area contributed by atoms with Gasteiger partial charge in [-0.2, -0.15) is 4.31 Å². The molecule has 154 valence electrons. The molecule has 2 N–H and O–H groups in total. The first-order valence-corrected chi connectivity index (χ1v) is 10.9. The molecule has 1 heterocycles. The molecule has 0 aromatic heterocycles. The lowest BCUT2D eigenvalue weighted by atomic mass is 9.89. The molecular formula is C21H24N2O5S. The Bertz CT molecular complexity index is 994. The molecule has 29 heavy (non-hydrogen) atoms. The summed E-state index contributed by atoms with van der Waals surface area (Å²) in [4.78, 5) is 22.5. The number of amides is 1. The number of carbonyl (C=O) groups excluding carboxylic acids is 1. The number of benzene rings is 2. The standard InChI is InChI=1S/C21H24N2O5S/c1-15-3-2-4-18(13-15)16-9-11-23(12-10-16)29(27,28)19-7-5-17(6-8-19)21(26)22-14-20(24)25/h2-8,13,16H,9-12,14H2,1H3,(H,22,26)(H,24,25). The summed E-state index contributed by atoms with van der Waals surface area (Å²) in [5.41, 5.74) is 2.66. The molecule has 1 fully saturated rings. The first kappa shape index (κ1) is 21.0. The molecule has 1 aliphatic heterocycles. The third kappa shape index (κ3) is 5.02. The summed E-state index contributed by atoms with van der Waals surface area (Å²) in [5.74, 6) is -1.36. The Morgan fingerprint density at radius 3 is 2.34 bits per heavy atom. The van der Waals surface area contributed by atoms with Crippen LogP contribution in [0.25, 0.3) is 0 Å². The Balaban J connectivity index is 1.65. The van der Waals surface area contributed by atoms with Crippen molar-refractivity contribution in [3.8, 4) is 0 Å². The van der Waals surface area contributed by atoms with Crippen LogP contribution in [-0.2, 0) is 14.8 Å². The molecule has 2 aromatic rings. The number of rotatable bonds is 6. The summed E-state index contributed by atoms with van der Waals surface area (Å²) in [6, 6.07) is 13.9. The smallest absolute Gasteiger partial charge is 0.322 e. The highest BCUT2D eigenvalue weighted by Gasteiger charge is 2.30. The lowest BCUT2D eigenvalue weighted by Crippen LogP contribution is -2.38. The molecule has 0 saturated carbocycles. The maximum Gasteiger partial charge on any atom is 0.322 e. The van der Waals surface area contributed by atoms with E-state index in [1.807, 2.05) is 6.07 Å². The van der Waals surface area contributed by atoms with Crippen molar-refractivity contribution in [2.24, 2.45) is 0 Å². The Hall–Kier alpha value is -2.71. The molecular weight excluding hydrogens is 392 g/mol. The second-order valence-electron chi connectivity index (χ2n) is 7.19. The van der Waals surface area contributed by atoms with Gasteiger partial charge in [0, 0.05) is 18.7 Å². The summed E-state index contributed by atoms with van der Waals surface area (Å²) in [7, 11) is -3.64. The van der Waals surface area contributed by atoms with Gasteiger partial charge in [-0.05, 0) is 55.5 Å². The number of piperidine rings is 1. The maximum atomic E-state index is 12.9. The molecule has 0 bridgehead atoms. The molecule has 0 atom stereocenters. The van der Waals surface area contributed by atoms with E-state index in [2.05, 4.69) is 30.4 Å². The summed E-state index contributed by atoms with van der Waals surface area (Å²) < 4.78 is 27.3. The topological polar surface area (TPSA) is 104 Å². The summed E-state index contributed by atoms with van der Waals surface area (Å²) in [6.07, 6.45) is 1.52. The molecule has 8 heteroatoms. The third-order valence-electron chi connectivity index (χ3n) is 5.12. The van der Waals surface area contributed by atoms with Crippen molar-refractivity contribution in [2.75, 3.05) is 19.6 Å². The van der Waals surface area contributed by atoms with Gasteiger partial charge >= 0.3 is 5.97 Å². The first-order chi connectivity index (χ1) is 13.8. The zero-order chi connectivity index (χ0) is 21.0. The van der Waals surface area contributed by atoms with Crippen LogP contribution in [0.4, 0.5) is 0 Å². The van der Waals surface area contributed by atoms with E-state index in [1.165, 1.54) is 39.7 Å². The number of carboxylic acid groups (broad SMARTS) is 1. The van der Waals surface area contributed by atoms with Crippen LogP contribution in [0.1, 0.15) is 40.2 Å². The van der Waals surface area contributed by atoms with Crippen molar-refractivity contribution in [1.29, 1.82) is 0 Å². The van der Waals surface area contributed by atoms with Gasteiger partial charge in [0.25, 0.3) is 5.91 Å². The minimum Gasteiger partial charge on any atom is -0.480 e. The van der Waals surface area contributed by atoms with Gasteiger partial charge in [-0.1, -0.05) is 29.8 Å². The maximum absolute atomic E-state index is 12.9. The van der Waals surface area contributed by atoms with Gasteiger partial charge in [0.2, 0.25) is 10.0 Å². The quantitative estimate of drug-likeness (QED) is 0.752. The van der Waals surface area contributed by atoms with Gasteiger partial charge in [-0.25, -0.2) is 8.42 Å². The van der Waals surface area contributed by atoms with E-state index in [0.29, 0.717) is 19.0 Å². The van der Waals surface area contributed by atoms with E-state index >= 15 is 0 Å². The highest BCUT2D eigenvalue weighted by Crippen LogP contribution is 2.31. The van der Waals surface area contributed by atoms with Crippen molar-refractivity contribution < 1.29 is 23.1 Å². The van der Waals surface area contributed by atoms with Gasteiger partial charge in [0.15, 0.2) is 0 Å². The molecule has 1 aliphatic rings. The van der Waals surface area contributed by atoms with Crippen LogP contribution in [0.15, 0.2) is 53.4 Å². The Morgan fingerprint density at radius 1 is 1.10 bits per heavy atom. The average Bonchev–Trinajstić information content (AvgIpc) is 2.72.